The SMILES string of the molecule is CCS(=O)(=O)c1cc(C(=O)NCC2CCCN2CC2CC2)c2c(c1C)CCCO2. The van der Waals surface area contributed by atoms with Gasteiger partial charge in [0.25, 0.3) is 5.91 Å². The molecule has 160 valence electrons. The van der Waals surface area contributed by atoms with Crippen molar-refractivity contribution in [3.8, 4) is 5.75 Å². The maximum atomic E-state index is 13.1. The average Bonchev–Trinajstić information content (AvgIpc) is 3.43. The molecule has 2 fully saturated rings. The Morgan fingerprint density at radius 1 is 1.28 bits per heavy atom. The standard InChI is InChI=1S/C22H32N2O4S/c1-3-29(26,27)20-12-19(21-18(15(20)2)7-5-11-28-21)22(25)23-13-17-6-4-10-24(17)14-16-8-9-16/h12,16-17H,3-11,13-14H2,1-2H3,(H,23,25). The van der Waals surface area contributed by atoms with Gasteiger partial charge in [0.2, 0.25) is 0 Å². The van der Waals surface area contributed by atoms with E-state index in [0.717, 1.165) is 49.4 Å². The second-order valence-electron chi connectivity index (χ2n) is 8.65. The summed E-state index contributed by atoms with van der Waals surface area (Å²) in [5.41, 5.74) is 1.96. The van der Waals surface area contributed by atoms with Crippen LogP contribution in [0.4, 0.5) is 0 Å². The fraction of sp³-hybridized carbons (Fsp3) is 0.682. The number of nitrogens with zero attached hydrogens (tertiary/aromatic N) is 1. The van der Waals surface area contributed by atoms with Crippen LogP contribution in [0.15, 0.2) is 11.0 Å². The molecule has 0 spiro atoms. The number of carbonyl (C=O) groups is 1. The van der Waals surface area contributed by atoms with Crippen molar-refractivity contribution in [2.75, 3.05) is 32.0 Å². The van der Waals surface area contributed by atoms with Gasteiger partial charge in [-0.15, -0.1) is 0 Å². The van der Waals surface area contributed by atoms with Gasteiger partial charge in [-0.3, -0.25) is 9.69 Å². The minimum Gasteiger partial charge on any atom is -0.492 e. The Labute approximate surface area is 173 Å². The number of amides is 1. The molecule has 3 aliphatic rings. The van der Waals surface area contributed by atoms with Crippen molar-refractivity contribution in [2.24, 2.45) is 5.92 Å². The van der Waals surface area contributed by atoms with Crippen molar-refractivity contribution >= 4 is 15.7 Å². The molecule has 1 atom stereocenters. The number of fused-ring (bicyclic) bond motifs is 1. The van der Waals surface area contributed by atoms with Crippen LogP contribution >= 0.6 is 0 Å². The number of hydrogen-bond donors (Lipinski definition) is 1. The average molecular weight is 421 g/mol. The smallest absolute Gasteiger partial charge is 0.255 e. The molecule has 1 aliphatic carbocycles. The van der Waals surface area contributed by atoms with Crippen molar-refractivity contribution in [1.82, 2.24) is 10.2 Å². The lowest BCUT2D eigenvalue weighted by Gasteiger charge is -2.26. The monoisotopic (exact) mass is 420 g/mol. The van der Waals surface area contributed by atoms with Crippen LogP contribution in [0.5, 0.6) is 5.75 Å². The first-order valence-electron chi connectivity index (χ1n) is 10.9. The Balaban J connectivity index is 1.56. The molecule has 6 nitrogen and oxygen atoms in total. The highest BCUT2D eigenvalue weighted by molar-refractivity contribution is 7.91. The summed E-state index contributed by atoms with van der Waals surface area (Å²) in [6, 6.07) is 1.91. The Hall–Kier alpha value is -1.60. The van der Waals surface area contributed by atoms with Gasteiger partial charge < -0.3 is 10.1 Å². The minimum absolute atomic E-state index is 0.0206. The van der Waals surface area contributed by atoms with E-state index >= 15 is 0 Å². The van der Waals surface area contributed by atoms with Gasteiger partial charge in [0.15, 0.2) is 9.84 Å². The predicted octanol–water partition coefficient (Wildman–Crippen LogP) is 2.72. The molecule has 1 unspecified atom stereocenters. The molecule has 1 amide bonds. The van der Waals surface area contributed by atoms with Gasteiger partial charge in [-0.2, -0.15) is 0 Å². The zero-order valence-corrected chi connectivity index (χ0v) is 18.3. The predicted molar refractivity (Wildman–Crippen MR) is 112 cm³/mol. The fourth-order valence-corrected chi connectivity index (χ4v) is 5.83. The molecule has 1 saturated heterocycles. The van der Waals surface area contributed by atoms with Crippen molar-refractivity contribution in [3.05, 3.63) is 22.8 Å². The Bertz CT molecular complexity index is 893. The van der Waals surface area contributed by atoms with Crippen LogP contribution in [0.2, 0.25) is 0 Å². The normalized spacial score (nSPS) is 22.2. The van der Waals surface area contributed by atoms with Crippen molar-refractivity contribution in [2.45, 2.75) is 63.3 Å². The summed E-state index contributed by atoms with van der Waals surface area (Å²) in [4.78, 5) is 15.9. The molecule has 29 heavy (non-hydrogen) atoms. The van der Waals surface area contributed by atoms with E-state index in [9.17, 15) is 13.2 Å². The second-order valence-corrected chi connectivity index (χ2v) is 10.9. The van der Waals surface area contributed by atoms with Crippen LogP contribution in [0, 0.1) is 12.8 Å². The summed E-state index contributed by atoms with van der Waals surface area (Å²) in [6.45, 7) is 6.88. The van der Waals surface area contributed by atoms with E-state index in [0.29, 0.717) is 30.5 Å². The van der Waals surface area contributed by atoms with Gasteiger partial charge in [0.1, 0.15) is 5.75 Å². The zero-order chi connectivity index (χ0) is 20.6. The van der Waals surface area contributed by atoms with E-state index < -0.39 is 9.84 Å². The first kappa shape index (κ1) is 20.7. The van der Waals surface area contributed by atoms with E-state index in [4.69, 9.17) is 4.74 Å². The third-order valence-corrected chi connectivity index (χ3v) is 8.43. The highest BCUT2D eigenvalue weighted by Gasteiger charge is 2.32. The topological polar surface area (TPSA) is 75.7 Å². The summed E-state index contributed by atoms with van der Waals surface area (Å²) >= 11 is 0. The molecule has 0 radical (unpaired) electrons. The van der Waals surface area contributed by atoms with Crippen LogP contribution in [0.3, 0.4) is 0 Å². The minimum atomic E-state index is -3.41. The van der Waals surface area contributed by atoms with Crippen LogP contribution in [0.25, 0.3) is 0 Å². The molecule has 0 aromatic heterocycles. The van der Waals surface area contributed by atoms with Gasteiger partial charge >= 0.3 is 0 Å². The highest BCUT2D eigenvalue weighted by atomic mass is 32.2. The molecule has 1 aromatic carbocycles. The van der Waals surface area contributed by atoms with E-state index in [1.54, 1.807) is 6.92 Å². The van der Waals surface area contributed by atoms with Crippen molar-refractivity contribution in [3.63, 3.8) is 0 Å². The third-order valence-electron chi connectivity index (χ3n) is 6.58. The lowest BCUT2D eigenvalue weighted by atomic mass is 9.97. The summed E-state index contributed by atoms with van der Waals surface area (Å²) in [6.07, 6.45) is 6.52. The number of likely N-dealkylation sites (tertiary alicyclic amines) is 1. The lowest BCUT2D eigenvalue weighted by Crippen LogP contribution is -2.41. The summed E-state index contributed by atoms with van der Waals surface area (Å²) in [7, 11) is -3.41. The molecular weight excluding hydrogens is 388 g/mol. The molecule has 0 bridgehead atoms. The number of sulfone groups is 1. The molecular formula is C22H32N2O4S. The quantitative estimate of drug-likeness (QED) is 0.734. The molecule has 1 aromatic rings. The number of carbonyl (C=O) groups excluding carboxylic acids is 1. The van der Waals surface area contributed by atoms with Crippen LogP contribution < -0.4 is 10.1 Å². The van der Waals surface area contributed by atoms with Crippen LogP contribution in [-0.2, 0) is 16.3 Å². The summed E-state index contributed by atoms with van der Waals surface area (Å²) in [5, 5.41) is 3.08. The van der Waals surface area contributed by atoms with Gasteiger partial charge in [0.05, 0.1) is 22.8 Å². The number of nitrogens with one attached hydrogen (secondary N) is 1. The van der Waals surface area contributed by atoms with Crippen LogP contribution in [0.1, 0.15) is 60.5 Å². The Morgan fingerprint density at radius 3 is 2.79 bits per heavy atom. The summed E-state index contributed by atoms with van der Waals surface area (Å²) < 4.78 is 31.1. The Kier molecular flexibility index (Phi) is 5.89. The number of benzene rings is 1. The first-order valence-corrected chi connectivity index (χ1v) is 12.6. The largest absolute Gasteiger partial charge is 0.492 e. The van der Waals surface area contributed by atoms with Crippen molar-refractivity contribution in [1.29, 1.82) is 0 Å². The van der Waals surface area contributed by atoms with Crippen molar-refractivity contribution < 1.29 is 17.9 Å². The van der Waals surface area contributed by atoms with Gasteiger partial charge in [-0.25, -0.2) is 8.42 Å². The van der Waals surface area contributed by atoms with Gasteiger partial charge in [-0.1, -0.05) is 6.92 Å². The number of ether oxygens (including phenoxy) is 1. The molecule has 7 heteroatoms. The van der Waals surface area contributed by atoms with E-state index in [2.05, 4.69) is 10.2 Å². The zero-order valence-electron chi connectivity index (χ0n) is 17.5. The molecule has 1 saturated carbocycles. The van der Waals surface area contributed by atoms with E-state index in [1.165, 1.54) is 25.3 Å². The maximum absolute atomic E-state index is 13.1. The van der Waals surface area contributed by atoms with E-state index in [1.807, 2.05) is 6.92 Å². The van der Waals surface area contributed by atoms with Gasteiger partial charge in [-0.05, 0) is 75.1 Å². The molecule has 4 rings (SSSR count). The van der Waals surface area contributed by atoms with Crippen LogP contribution in [-0.4, -0.2) is 57.3 Å². The third kappa shape index (κ3) is 4.31. The number of rotatable bonds is 7. The summed E-state index contributed by atoms with van der Waals surface area (Å²) in [5.74, 6) is 1.20. The first-order chi connectivity index (χ1) is 13.9. The number of hydrogen-bond acceptors (Lipinski definition) is 5. The second kappa shape index (κ2) is 8.26. The molecule has 2 aliphatic heterocycles. The van der Waals surface area contributed by atoms with Gasteiger partial charge in [0, 0.05) is 19.1 Å². The molecule has 1 N–H and O–H groups in total. The highest BCUT2D eigenvalue weighted by Crippen LogP contribution is 2.36. The maximum Gasteiger partial charge on any atom is 0.255 e. The lowest BCUT2D eigenvalue weighted by molar-refractivity contribution is 0.0934. The van der Waals surface area contributed by atoms with E-state index in [-0.39, 0.29) is 16.6 Å². The fourth-order valence-electron chi connectivity index (χ4n) is 4.63. The molecule has 2 heterocycles. The Morgan fingerprint density at radius 2 is 2.07 bits per heavy atom.